The molecule has 0 fully saturated rings. The number of carbonyl (C=O) groups is 2. The number of anilines is 1. The second-order valence-electron chi connectivity index (χ2n) is 9.77. The Bertz CT molecular complexity index is 1260. The maximum absolute atomic E-state index is 12.6. The number of hydrogen-bond donors (Lipinski definition) is 2. The van der Waals surface area contributed by atoms with Crippen LogP contribution >= 0.6 is 11.3 Å². The van der Waals surface area contributed by atoms with Gasteiger partial charge < -0.3 is 19.9 Å². The van der Waals surface area contributed by atoms with Crippen molar-refractivity contribution in [2.24, 2.45) is 4.99 Å². The van der Waals surface area contributed by atoms with E-state index in [1.807, 2.05) is 12.1 Å². The molecular formula is C30H42N4O3S. The van der Waals surface area contributed by atoms with Crippen molar-refractivity contribution in [1.82, 2.24) is 9.88 Å². The molecule has 7 nitrogen and oxygen atoms in total. The molecule has 0 saturated heterocycles. The van der Waals surface area contributed by atoms with Gasteiger partial charge in [0.05, 0.1) is 29.1 Å². The predicted octanol–water partition coefficient (Wildman–Crippen LogP) is 7.17. The van der Waals surface area contributed by atoms with Gasteiger partial charge in [-0.3, -0.25) is 4.79 Å². The fourth-order valence-electron chi connectivity index (χ4n) is 4.18. The first-order valence-electron chi connectivity index (χ1n) is 13.9. The van der Waals surface area contributed by atoms with Gasteiger partial charge in [0.2, 0.25) is 5.91 Å². The molecule has 0 radical (unpaired) electrons. The Morgan fingerprint density at radius 3 is 2.39 bits per heavy atom. The number of aryl methyl sites for hydroxylation is 1. The number of hydrogen-bond acceptors (Lipinski definition) is 4. The maximum atomic E-state index is 12.6. The standard InChI is InChI=1S/C30H42N4O3S/c1-5-7-9-10-11-12-18-37-27-20-26-28(19-25(27)32-23(4)35)38-30(33-29(36)31-17-8-6-2)34(26)21-24-15-13-22(3)14-16-24/h13-16,19-20H,5-12,17-18,21H2,1-4H3,(H,31,36)(H,32,35)/b33-30-. The summed E-state index contributed by atoms with van der Waals surface area (Å²) in [6.45, 7) is 9.62. The molecule has 0 aliphatic carbocycles. The van der Waals surface area contributed by atoms with Crippen LogP contribution in [0.15, 0.2) is 41.4 Å². The Labute approximate surface area is 230 Å². The Morgan fingerprint density at radius 1 is 0.974 bits per heavy atom. The highest BCUT2D eigenvalue weighted by Crippen LogP contribution is 2.33. The summed E-state index contributed by atoms with van der Waals surface area (Å²) in [6.07, 6.45) is 8.97. The van der Waals surface area contributed by atoms with Crippen LogP contribution in [0.2, 0.25) is 0 Å². The van der Waals surface area contributed by atoms with Crippen LogP contribution in [0.4, 0.5) is 10.5 Å². The highest BCUT2D eigenvalue weighted by atomic mass is 32.1. The van der Waals surface area contributed by atoms with E-state index in [9.17, 15) is 9.59 Å². The lowest BCUT2D eigenvalue weighted by molar-refractivity contribution is -0.114. The molecule has 0 aliphatic rings. The highest BCUT2D eigenvalue weighted by molar-refractivity contribution is 7.16. The van der Waals surface area contributed by atoms with E-state index in [-0.39, 0.29) is 11.9 Å². The minimum absolute atomic E-state index is 0.155. The normalized spacial score (nSPS) is 11.6. The van der Waals surface area contributed by atoms with Crippen molar-refractivity contribution >= 4 is 39.2 Å². The Balaban J connectivity index is 1.96. The van der Waals surface area contributed by atoms with Gasteiger partial charge >= 0.3 is 6.03 Å². The van der Waals surface area contributed by atoms with Gasteiger partial charge in [0.15, 0.2) is 4.80 Å². The average Bonchev–Trinajstić information content (AvgIpc) is 3.19. The van der Waals surface area contributed by atoms with E-state index in [2.05, 4.69) is 65.2 Å². The molecule has 1 aromatic heterocycles. The van der Waals surface area contributed by atoms with Gasteiger partial charge in [-0.2, -0.15) is 4.99 Å². The molecule has 2 aromatic carbocycles. The summed E-state index contributed by atoms with van der Waals surface area (Å²) in [4.78, 5) is 29.6. The van der Waals surface area contributed by atoms with Gasteiger partial charge in [-0.25, -0.2) is 4.79 Å². The van der Waals surface area contributed by atoms with Crippen molar-refractivity contribution in [3.8, 4) is 5.75 Å². The second-order valence-corrected chi connectivity index (χ2v) is 10.8. The average molecular weight is 539 g/mol. The molecule has 2 N–H and O–H groups in total. The molecule has 3 amide bonds. The number of amides is 3. The van der Waals surface area contributed by atoms with Crippen LogP contribution in [-0.4, -0.2) is 29.7 Å². The summed E-state index contributed by atoms with van der Waals surface area (Å²) in [6, 6.07) is 11.9. The van der Waals surface area contributed by atoms with E-state index >= 15 is 0 Å². The zero-order valence-corrected chi connectivity index (χ0v) is 24.1. The molecule has 0 atom stereocenters. The number of nitrogens with zero attached hydrogens (tertiary/aromatic N) is 2. The smallest absolute Gasteiger partial charge is 0.343 e. The van der Waals surface area contributed by atoms with Gasteiger partial charge in [0.1, 0.15) is 5.75 Å². The summed E-state index contributed by atoms with van der Waals surface area (Å²) in [5, 5.41) is 5.80. The van der Waals surface area contributed by atoms with Crippen LogP contribution in [0.1, 0.15) is 83.3 Å². The largest absolute Gasteiger partial charge is 0.491 e. The third kappa shape index (κ3) is 9.01. The molecule has 8 heteroatoms. The first-order chi connectivity index (χ1) is 18.4. The molecule has 3 aromatic rings. The molecular weight excluding hydrogens is 496 g/mol. The van der Waals surface area contributed by atoms with E-state index in [1.54, 1.807) is 0 Å². The van der Waals surface area contributed by atoms with E-state index in [0.29, 0.717) is 35.9 Å². The fraction of sp³-hybridized carbons (Fsp3) is 0.500. The van der Waals surface area contributed by atoms with Crippen LogP contribution in [0, 0.1) is 6.92 Å². The number of thiazole rings is 1. The number of rotatable bonds is 14. The molecule has 0 unspecified atom stereocenters. The summed E-state index contributed by atoms with van der Waals surface area (Å²) in [7, 11) is 0. The van der Waals surface area contributed by atoms with Gasteiger partial charge in [-0.1, -0.05) is 93.5 Å². The molecule has 0 spiro atoms. The number of carbonyl (C=O) groups excluding carboxylic acids is 2. The van der Waals surface area contributed by atoms with E-state index in [4.69, 9.17) is 4.74 Å². The molecule has 1 heterocycles. The van der Waals surface area contributed by atoms with Crippen molar-refractivity contribution in [2.75, 3.05) is 18.5 Å². The number of aromatic nitrogens is 1. The molecule has 0 aliphatic heterocycles. The monoisotopic (exact) mass is 538 g/mol. The molecule has 206 valence electrons. The van der Waals surface area contributed by atoms with Crippen LogP contribution in [-0.2, 0) is 11.3 Å². The summed E-state index contributed by atoms with van der Waals surface area (Å²) in [5.41, 5.74) is 3.87. The fourth-order valence-corrected chi connectivity index (χ4v) is 5.23. The van der Waals surface area contributed by atoms with Gasteiger partial charge in [-0.15, -0.1) is 0 Å². The van der Waals surface area contributed by atoms with Crippen molar-refractivity contribution in [2.45, 2.75) is 85.6 Å². The SMILES string of the molecule is CCCCCCCCOc1cc2c(cc1NC(C)=O)s/c(=N\C(=O)NCCCC)n2Cc1ccc(C)cc1. The third-order valence-corrected chi connectivity index (χ3v) is 7.36. The number of ether oxygens (including phenoxy) is 1. The van der Waals surface area contributed by atoms with Crippen LogP contribution in [0.25, 0.3) is 10.2 Å². The zero-order chi connectivity index (χ0) is 27.3. The number of unbranched alkanes of at least 4 members (excludes halogenated alkanes) is 6. The molecule has 38 heavy (non-hydrogen) atoms. The number of benzene rings is 2. The minimum atomic E-state index is -0.343. The van der Waals surface area contributed by atoms with E-state index < -0.39 is 0 Å². The van der Waals surface area contributed by atoms with Crippen LogP contribution in [0.3, 0.4) is 0 Å². The summed E-state index contributed by atoms with van der Waals surface area (Å²) in [5.74, 6) is 0.480. The lowest BCUT2D eigenvalue weighted by Crippen LogP contribution is -2.25. The van der Waals surface area contributed by atoms with Crippen molar-refractivity contribution in [1.29, 1.82) is 0 Å². The molecule has 0 bridgehead atoms. The van der Waals surface area contributed by atoms with Crippen molar-refractivity contribution < 1.29 is 14.3 Å². The zero-order valence-electron chi connectivity index (χ0n) is 23.3. The van der Waals surface area contributed by atoms with Crippen molar-refractivity contribution in [3.05, 3.63) is 52.3 Å². The topological polar surface area (TPSA) is 84.7 Å². The summed E-state index contributed by atoms with van der Waals surface area (Å²) < 4.78 is 9.17. The first kappa shape index (κ1) is 29.4. The number of fused-ring (bicyclic) bond motifs is 1. The Hall–Kier alpha value is -3.13. The number of urea groups is 1. The summed E-state index contributed by atoms with van der Waals surface area (Å²) >= 11 is 1.43. The van der Waals surface area contributed by atoms with Gasteiger partial charge in [0.25, 0.3) is 0 Å². The lowest BCUT2D eigenvalue weighted by Gasteiger charge is -2.13. The first-order valence-corrected chi connectivity index (χ1v) is 14.7. The van der Waals surface area contributed by atoms with Gasteiger partial charge in [-0.05, 0) is 31.4 Å². The number of nitrogens with one attached hydrogen (secondary N) is 2. The quantitative estimate of drug-likeness (QED) is 0.213. The minimum Gasteiger partial charge on any atom is -0.491 e. The van der Waals surface area contributed by atoms with Crippen LogP contribution < -0.4 is 20.2 Å². The molecule has 3 rings (SSSR count). The Morgan fingerprint density at radius 2 is 1.68 bits per heavy atom. The van der Waals surface area contributed by atoms with Crippen LogP contribution in [0.5, 0.6) is 5.75 Å². The predicted molar refractivity (Wildman–Crippen MR) is 157 cm³/mol. The van der Waals surface area contributed by atoms with E-state index in [0.717, 1.165) is 41.5 Å². The lowest BCUT2D eigenvalue weighted by atomic mass is 10.1. The second kappa shape index (κ2) is 15.3. The highest BCUT2D eigenvalue weighted by Gasteiger charge is 2.15. The Kier molecular flexibility index (Phi) is 11.9. The maximum Gasteiger partial charge on any atom is 0.343 e. The van der Waals surface area contributed by atoms with Crippen molar-refractivity contribution in [3.63, 3.8) is 0 Å². The van der Waals surface area contributed by atoms with E-state index in [1.165, 1.54) is 49.5 Å². The molecule has 0 saturated carbocycles. The third-order valence-electron chi connectivity index (χ3n) is 6.32. The van der Waals surface area contributed by atoms with Gasteiger partial charge in [0, 0.05) is 19.5 Å².